The van der Waals surface area contributed by atoms with E-state index in [1.165, 1.54) is 12.5 Å². The molecule has 1 N–H and O–H groups in total. The monoisotopic (exact) mass is 485 g/mol. The molecule has 9 heteroatoms. The van der Waals surface area contributed by atoms with Crippen molar-refractivity contribution in [2.24, 2.45) is 5.92 Å². The van der Waals surface area contributed by atoms with Crippen molar-refractivity contribution in [3.8, 4) is 0 Å². The summed E-state index contributed by atoms with van der Waals surface area (Å²) >= 11 is 0. The van der Waals surface area contributed by atoms with E-state index in [0.29, 0.717) is 13.1 Å². The SMILES string of the molecule is CC(C)C(NS(=O)(=O)C=Cc1ccccc1)C(=O)N1CCCC(c2nnc3n2CCCCC3)C1. The van der Waals surface area contributed by atoms with E-state index in [2.05, 4.69) is 19.5 Å². The summed E-state index contributed by atoms with van der Waals surface area (Å²) in [5.41, 5.74) is 0.784. The first-order chi connectivity index (χ1) is 16.3. The topological polar surface area (TPSA) is 97.2 Å². The number of nitrogens with one attached hydrogen (secondary N) is 1. The summed E-state index contributed by atoms with van der Waals surface area (Å²) in [5.74, 6) is 1.79. The van der Waals surface area contributed by atoms with Gasteiger partial charge >= 0.3 is 0 Å². The molecule has 8 nitrogen and oxygen atoms in total. The first-order valence-electron chi connectivity index (χ1n) is 12.3. The van der Waals surface area contributed by atoms with Crippen LogP contribution in [0.4, 0.5) is 0 Å². The van der Waals surface area contributed by atoms with Gasteiger partial charge in [0.25, 0.3) is 0 Å². The molecular weight excluding hydrogens is 450 g/mol. The minimum absolute atomic E-state index is 0.124. The molecule has 1 fully saturated rings. The Morgan fingerprint density at radius 3 is 2.65 bits per heavy atom. The van der Waals surface area contributed by atoms with Gasteiger partial charge in [0.2, 0.25) is 15.9 Å². The van der Waals surface area contributed by atoms with Crippen molar-refractivity contribution in [3.63, 3.8) is 0 Å². The number of likely N-dealkylation sites (tertiary alicyclic amines) is 1. The number of amides is 1. The maximum Gasteiger partial charge on any atom is 0.241 e. The summed E-state index contributed by atoms with van der Waals surface area (Å²) in [7, 11) is -3.79. The molecule has 0 saturated carbocycles. The Kier molecular flexibility index (Phi) is 7.83. The van der Waals surface area contributed by atoms with Gasteiger partial charge in [-0.3, -0.25) is 4.79 Å². The van der Waals surface area contributed by atoms with Crippen LogP contribution in [0.25, 0.3) is 6.08 Å². The normalized spacial score (nSPS) is 20.3. The Hall–Kier alpha value is -2.52. The molecule has 1 saturated heterocycles. The van der Waals surface area contributed by atoms with E-state index >= 15 is 0 Å². The number of nitrogens with zero attached hydrogens (tertiary/aromatic N) is 4. The summed E-state index contributed by atoms with van der Waals surface area (Å²) in [6, 6.07) is 8.41. The Labute approximate surface area is 202 Å². The maximum atomic E-state index is 13.5. The molecule has 2 atom stereocenters. The highest BCUT2D eigenvalue weighted by molar-refractivity contribution is 7.92. The summed E-state index contributed by atoms with van der Waals surface area (Å²) in [6.07, 6.45) is 7.79. The van der Waals surface area contributed by atoms with Crippen LogP contribution < -0.4 is 4.72 Å². The molecule has 2 aromatic rings. The van der Waals surface area contributed by atoms with Gasteiger partial charge in [-0.1, -0.05) is 50.6 Å². The molecule has 1 amide bonds. The summed E-state index contributed by atoms with van der Waals surface area (Å²) < 4.78 is 30.4. The highest BCUT2D eigenvalue weighted by Gasteiger charge is 2.35. The predicted octanol–water partition coefficient (Wildman–Crippen LogP) is 3.33. The van der Waals surface area contributed by atoms with Gasteiger partial charge in [0, 0.05) is 37.4 Å². The predicted molar refractivity (Wildman–Crippen MR) is 132 cm³/mol. The molecule has 34 heavy (non-hydrogen) atoms. The van der Waals surface area contributed by atoms with Crippen molar-refractivity contribution in [2.75, 3.05) is 13.1 Å². The molecule has 2 aliphatic heterocycles. The molecule has 1 aromatic carbocycles. The van der Waals surface area contributed by atoms with Gasteiger partial charge in [0.15, 0.2) is 0 Å². The lowest BCUT2D eigenvalue weighted by Crippen LogP contribution is -2.53. The van der Waals surface area contributed by atoms with Crippen LogP contribution in [0.5, 0.6) is 0 Å². The Bertz CT molecular complexity index is 1110. The molecular formula is C25H35N5O3S. The minimum atomic E-state index is -3.79. The van der Waals surface area contributed by atoms with E-state index < -0.39 is 16.1 Å². The molecule has 0 radical (unpaired) electrons. The number of carbonyl (C=O) groups is 1. The summed E-state index contributed by atoms with van der Waals surface area (Å²) in [6.45, 7) is 5.84. The number of fused-ring (bicyclic) bond motifs is 1. The number of carbonyl (C=O) groups excluding carboxylic acids is 1. The third kappa shape index (κ3) is 5.93. The fourth-order valence-electron chi connectivity index (χ4n) is 4.81. The molecule has 0 spiro atoms. The molecule has 3 heterocycles. The lowest BCUT2D eigenvalue weighted by atomic mass is 9.95. The molecule has 4 rings (SSSR count). The molecule has 1 aromatic heterocycles. The van der Waals surface area contributed by atoms with Gasteiger partial charge in [-0.2, -0.15) is 4.72 Å². The van der Waals surface area contributed by atoms with Crippen molar-refractivity contribution >= 4 is 22.0 Å². The van der Waals surface area contributed by atoms with Crippen LogP contribution in [0.15, 0.2) is 35.7 Å². The number of rotatable bonds is 7. The first-order valence-corrected chi connectivity index (χ1v) is 13.8. The Balaban J connectivity index is 1.46. The van der Waals surface area contributed by atoms with Crippen molar-refractivity contribution in [1.29, 1.82) is 0 Å². The maximum absolute atomic E-state index is 13.5. The van der Waals surface area contributed by atoms with Crippen LogP contribution in [0.3, 0.4) is 0 Å². The third-order valence-corrected chi connectivity index (χ3v) is 7.78. The van der Waals surface area contributed by atoms with Crippen molar-refractivity contribution in [2.45, 2.75) is 70.9 Å². The number of aryl methyl sites for hydroxylation is 1. The van der Waals surface area contributed by atoms with Crippen LogP contribution in [-0.4, -0.2) is 53.1 Å². The van der Waals surface area contributed by atoms with Crippen LogP contribution >= 0.6 is 0 Å². The lowest BCUT2D eigenvalue weighted by Gasteiger charge is -2.35. The van der Waals surface area contributed by atoms with Gasteiger partial charge in [-0.25, -0.2) is 8.42 Å². The van der Waals surface area contributed by atoms with E-state index in [9.17, 15) is 13.2 Å². The number of hydrogen-bond donors (Lipinski definition) is 1. The van der Waals surface area contributed by atoms with Crippen molar-refractivity contribution in [1.82, 2.24) is 24.4 Å². The van der Waals surface area contributed by atoms with Crippen LogP contribution in [0, 0.1) is 5.92 Å². The van der Waals surface area contributed by atoms with E-state index in [-0.39, 0.29) is 17.7 Å². The Morgan fingerprint density at radius 2 is 1.88 bits per heavy atom. The van der Waals surface area contributed by atoms with E-state index in [4.69, 9.17) is 0 Å². The number of hydrogen-bond acceptors (Lipinski definition) is 5. The molecule has 0 aliphatic carbocycles. The van der Waals surface area contributed by atoms with E-state index in [1.807, 2.05) is 44.2 Å². The van der Waals surface area contributed by atoms with Crippen LogP contribution in [-0.2, 0) is 27.8 Å². The third-order valence-electron chi connectivity index (χ3n) is 6.70. The number of piperidine rings is 1. The van der Waals surface area contributed by atoms with Gasteiger partial charge in [0.1, 0.15) is 17.7 Å². The zero-order valence-corrected chi connectivity index (χ0v) is 20.9. The van der Waals surface area contributed by atoms with Crippen LogP contribution in [0.2, 0.25) is 0 Å². The van der Waals surface area contributed by atoms with Gasteiger partial charge in [-0.05, 0) is 43.2 Å². The number of benzene rings is 1. The zero-order chi connectivity index (χ0) is 24.1. The second-order valence-electron chi connectivity index (χ2n) is 9.66. The average molecular weight is 486 g/mol. The van der Waals surface area contributed by atoms with E-state index in [1.54, 1.807) is 4.90 Å². The summed E-state index contributed by atoms with van der Waals surface area (Å²) in [5, 5.41) is 10.1. The van der Waals surface area contributed by atoms with Crippen LogP contribution in [0.1, 0.15) is 69.1 Å². The largest absolute Gasteiger partial charge is 0.341 e. The number of aromatic nitrogens is 3. The first kappa shape index (κ1) is 24.6. The smallest absolute Gasteiger partial charge is 0.241 e. The quantitative estimate of drug-likeness (QED) is 0.649. The molecule has 0 bridgehead atoms. The van der Waals surface area contributed by atoms with E-state index in [0.717, 1.165) is 61.3 Å². The average Bonchev–Trinajstić information content (AvgIpc) is 3.09. The van der Waals surface area contributed by atoms with Crippen molar-refractivity contribution < 1.29 is 13.2 Å². The van der Waals surface area contributed by atoms with Gasteiger partial charge in [-0.15, -0.1) is 10.2 Å². The number of sulfonamides is 1. The highest BCUT2D eigenvalue weighted by atomic mass is 32.2. The summed E-state index contributed by atoms with van der Waals surface area (Å²) in [4.78, 5) is 15.3. The molecule has 2 aliphatic rings. The van der Waals surface area contributed by atoms with Gasteiger partial charge in [0.05, 0.1) is 0 Å². The fraction of sp³-hybridized carbons (Fsp3) is 0.560. The van der Waals surface area contributed by atoms with Crippen molar-refractivity contribution in [3.05, 3.63) is 53.0 Å². The second-order valence-corrected chi connectivity index (χ2v) is 11.3. The second kappa shape index (κ2) is 10.8. The standard InChI is InChI=1S/C25H35N5O3S/c1-19(2)23(28-34(32,33)17-14-20-10-5-3-6-11-20)25(31)29-15-9-12-21(18-29)24-27-26-22-13-7-4-8-16-30(22)24/h3,5-6,10-11,14,17,19,21,23,28H,4,7-9,12-13,15-16,18H2,1-2H3. The molecule has 2 unspecified atom stereocenters. The minimum Gasteiger partial charge on any atom is -0.341 e. The van der Waals surface area contributed by atoms with Gasteiger partial charge < -0.3 is 9.47 Å². The zero-order valence-electron chi connectivity index (χ0n) is 20.1. The lowest BCUT2D eigenvalue weighted by molar-refractivity contribution is -0.135. The molecule has 184 valence electrons. The highest BCUT2D eigenvalue weighted by Crippen LogP contribution is 2.28. The Morgan fingerprint density at radius 1 is 1.09 bits per heavy atom. The fourth-order valence-corrected chi connectivity index (χ4v) is 5.96.